The van der Waals surface area contributed by atoms with Crippen molar-refractivity contribution >= 4 is 39.1 Å². The molecule has 1 aromatic heterocycles. The van der Waals surface area contributed by atoms with Gasteiger partial charge in [0.2, 0.25) is 0 Å². The Hall–Kier alpha value is -2.55. The minimum absolute atomic E-state index is 0.294. The van der Waals surface area contributed by atoms with Crippen LogP contribution in [0.3, 0.4) is 0 Å². The number of carbonyl (C=O) groups is 1. The van der Waals surface area contributed by atoms with Gasteiger partial charge in [-0.1, -0.05) is 41.0 Å². The number of benzene rings is 2. The molecule has 3 rings (SSSR count). The summed E-state index contributed by atoms with van der Waals surface area (Å²) in [5.41, 5.74) is 1.26. The fourth-order valence-electron chi connectivity index (χ4n) is 2.36. The Morgan fingerprint density at radius 2 is 2.17 bits per heavy atom. The van der Waals surface area contributed by atoms with Crippen LogP contribution in [0.2, 0.25) is 5.02 Å². The molecular formula is C18H13ClN2O2S. The monoisotopic (exact) mass is 356 g/mol. The second kappa shape index (κ2) is 6.91. The van der Waals surface area contributed by atoms with E-state index in [1.165, 1.54) is 11.3 Å². The second-order valence-corrected chi connectivity index (χ2v) is 6.35. The molecule has 0 N–H and O–H groups in total. The zero-order chi connectivity index (χ0) is 17.1. The van der Waals surface area contributed by atoms with Gasteiger partial charge in [-0.15, -0.1) is 6.42 Å². The zero-order valence-corrected chi connectivity index (χ0v) is 14.4. The lowest BCUT2D eigenvalue weighted by Crippen LogP contribution is -2.16. The second-order valence-electron chi connectivity index (χ2n) is 4.91. The molecule has 6 heteroatoms. The van der Waals surface area contributed by atoms with Gasteiger partial charge in [-0.25, -0.2) is 0 Å². The number of para-hydroxylation sites is 1. The number of fused-ring (bicyclic) bond motifs is 1. The van der Waals surface area contributed by atoms with E-state index in [2.05, 4.69) is 10.9 Å². The number of rotatable bonds is 3. The van der Waals surface area contributed by atoms with E-state index in [4.69, 9.17) is 22.8 Å². The van der Waals surface area contributed by atoms with Gasteiger partial charge in [-0.3, -0.25) is 4.79 Å². The Bertz CT molecular complexity index is 1030. The van der Waals surface area contributed by atoms with E-state index in [0.29, 0.717) is 27.7 Å². The maximum atomic E-state index is 12.4. The van der Waals surface area contributed by atoms with Gasteiger partial charge in [0.1, 0.15) is 11.3 Å². The van der Waals surface area contributed by atoms with Crippen LogP contribution in [0.25, 0.3) is 10.2 Å². The maximum Gasteiger partial charge on any atom is 0.279 e. The molecular weight excluding hydrogens is 344 g/mol. The van der Waals surface area contributed by atoms with Crippen LogP contribution in [0.15, 0.2) is 47.5 Å². The van der Waals surface area contributed by atoms with Crippen LogP contribution < -0.4 is 9.54 Å². The molecule has 0 fully saturated rings. The first-order valence-electron chi connectivity index (χ1n) is 7.08. The largest absolute Gasteiger partial charge is 0.495 e. The number of carbonyl (C=O) groups excluding carboxylic acids is 1. The summed E-state index contributed by atoms with van der Waals surface area (Å²) in [6, 6.07) is 12.4. The first kappa shape index (κ1) is 16.3. The Morgan fingerprint density at radius 1 is 1.38 bits per heavy atom. The van der Waals surface area contributed by atoms with Crippen LogP contribution in [0.1, 0.15) is 10.4 Å². The highest BCUT2D eigenvalue weighted by Crippen LogP contribution is 2.27. The molecule has 24 heavy (non-hydrogen) atoms. The Balaban J connectivity index is 2.20. The van der Waals surface area contributed by atoms with Crippen molar-refractivity contribution in [2.24, 2.45) is 4.99 Å². The molecule has 120 valence electrons. The summed E-state index contributed by atoms with van der Waals surface area (Å²) in [6.45, 7) is 0.294. The van der Waals surface area contributed by atoms with Crippen molar-refractivity contribution in [3.63, 3.8) is 0 Å². The number of methoxy groups -OCH3 is 1. The van der Waals surface area contributed by atoms with Gasteiger partial charge in [0.15, 0.2) is 4.80 Å². The van der Waals surface area contributed by atoms with Gasteiger partial charge < -0.3 is 9.30 Å². The van der Waals surface area contributed by atoms with Crippen molar-refractivity contribution in [1.82, 2.24) is 4.57 Å². The fourth-order valence-corrected chi connectivity index (χ4v) is 3.59. The number of ether oxygens (including phenoxy) is 1. The first-order valence-corrected chi connectivity index (χ1v) is 8.28. The third kappa shape index (κ3) is 3.07. The van der Waals surface area contributed by atoms with Crippen LogP contribution in [0.5, 0.6) is 5.75 Å². The lowest BCUT2D eigenvalue weighted by atomic mass is 10.2. The topological polar surface area (TPSA) is 43.6 Å². The molecule has 1 heterocycles. The zero-order valence-electron chi connectivity index (χ0n) is 12.8. The van der Waals surface area contributed by atoms with Gasteiger partial charge in [0.05, 0.1) is 18.4 Å². The highest BCUT2D eigenvalue weighted by atomic mass is 35.5. The van der Waals surface area contributed by atoms with Gasteiger partial charge in [-0.05, 0) is 30.3 Å². The lowest BCUT2D eigenvalue weighted by Gasteiger charge is -2.05. The molecule has 0 radical (unpaired) electrons. The standard InChI is InChI=1S/C18H13ClN2O2S/c1-3-10-21-16-14(23-2)8-5-9-15(16)24-18(21)20-17(22)12-6-4-7-13(19)11-12/h1,4-9,11H,10H2,2H3. The van der Waals surface area contributed by atoms with E-state index in [1.54, 1.807) is 35.9 Å². The summed E-state index contributed by atoms with van der Waals surface area (Å²) < 4.78 is 8.16. The van der Waals surface area contributed by atoms with E-state index in [-0.39, 0.29) is 5.91 Å². The number of halogens is 1. The van der Waals surface area contributed by atoms with Crippen molar-refractivity contribution in [2.75, 3.05) is 7.11 Å². The number of hydrogen-bond acceptors (Lipinski definition) is 3. The summed E-state index contributed by atoms with van der Waals surface area (Å²) in [5, 5.41) is 0.491. The van der Waals surface area contributed by atoms with Crippen LogP contribution >= 0.6 is 22.9 Å². The van der Waals surface area contributed by atoms with Gasteiger partial charge in [0.25, 0.3) is 5.91 Å². The molecule has 1 amide bonds. The average Bonchev–Trinajstić information content (AvgIpc) is 2.92. The van der Waals surface area contributed by atoms with Gasteiger partial charge >= 0.3 is 0 Å². The Morgan fingerprint density at radius 3 is 2.88 bits per heavy atom. The highest BCUT2D eigenvalue weighted by Gasteiger charge is 2.12. The smallest absolute Gasteiger partial charge is 0.279 e. The predicted molar refractivity (Wildman–Crippen MR) is 96.5 cm³/mol. The number of hydrogen-bond donors (Lipinski definition) is 0. The Kier molecular flexibility index (Phi) is 4.70. The molecule has 0 aliphatic rings. The molecule has 0 aliphatic carbocycles. The number of thiazole rings is 1. The lowest BCUT2D eigenvalue weighted by molar-refractivity contribution is 0.0998. The minimum atomic E-state index is -0.367. The molecule has 3 aromatic rings. The third-order valence-corrected chi connectivity index (χ3v) is 4.68. The predicted octanol–water partition coefficient (Wildman–Crippen LogP) is 3.74. The van der Waals surface area contributed by atoms with Crippen molar-refractivity contribution in [3.8, 4) is 18.1 Å². The van der Waals surface area contributed by atoms with E-state index in [1.807, 2.05) is 18.2 Å². The molecule has 0 saturated carbocycles. The van der Waals surface area contributed by atoms with Crippen LogP contribution in [0, 0.1) is 12.3 Å². The summed E-state index contributed by atoms with van der Waals surface area (Å²) in [4.78, 5) is 17.2. The van der Waals surface area contributed by atoms with Gasteiger partial charge in [0, 0.05) is 10.6 Å². The molecule has 0 spiro atoms. The van der Waals surface area contributed by atoms with Gasteiger partial charge in [-0.2, -0.15) is 4.99 Å². The molecule has 2 aromatic carbocycles. The van der Waals surface area contributed by atoms with Crippen LogP contribution in [0.4, 0.5) is 0 Å². The molecule has 0 atom stereocenters. The van der Waals surface area contributed by atoms with Crippen LogP contribution in [-0.2, 0) is 6.54 Å². The Labute approximate surface area is 148 Å². The van der Waals surface area contributed by atoms with Crippen molar-refractivity contribution < 1.29 is 9.53 Å². The molecule has 0 unspecified atom stereocenters. The SMILES string of the molecule is C#CCn1c(=NC(=O)c2cccc(Cl)c2)sc2cccc(OC)c21. The third-order valence-electron chi connectivity index (χ3n) is 3.40. The van der Waals surface area contributed by atoms with E-state index < -0.39 is 0 Å². The quantitative estimate of drug-likeness (QED) is 0.671. The number of amides is 1. The summed E-state index contributed by atoms with van der Waals surface area (Å²) in [5.74, 6) is 2.92. The molecule has 0 bridgehead atoms. The van der Waals surface area contributed by atoms with Crippen molar-refractivity contribution in [2.45, 2.75) is 6.54 Å². The van der Waals surface area contributed by atoms with E-state index >= 15 is 0 Å². The molecule has 4 nitrogen and oxygen atoms in total. The minimum Gasteiger partial charge on any atom is -0.495 e. The summed E-state index contributed by atoms with van der Waals surface area (Å²) >= 11 is 7.32. The fraction of sp³-hybridized carbons (Fsp3) is 0.111. The number of aromatic nitrogens is 1. The van der Waals surface area contributed by atoms with E-state index in [0.717, 1.165) is 10.2 Å². The van der Waals surface area contributed by atoms with Crippen molar-refractivity contribution in [1.29, 1.82) is 0 Å². The van der Waals surface area contributed by atoms with Crippen LogP contribution in [-0.4, -0.2) is 17.6 Å². The maximum absolute atomic E-state index is 12.4. The molecule has 0 saturated heterocycles. The van der Waals surface area contributed by atoms with E-state index in [9.17, 15) is 4.79 Å². The average molecular weight is 357 g/mol. The summed E-state index contributed by atoms with van der Waals surface area (Å²) in [7, 11) is 1.60. The summed E-state index contributed by atoms with van der Waals surface area (Å²) in [6.07, 6.45) is 5.48. The normalized spacial score (nSPS) is 11.5. The molecule has 0 aliphatic heterocycles. The number of terminal acetylenes is 1. The first-order chi connectivity index (χ1) is 11.6. The number of nitrogens with zero attached hydrogens (tertiary/aromatic N) is 2. The highest BCUT2D eigenvalue weighted by molar-refractivity contribution is 7.16. The van der Waals surface area contributed by atoms with Crippen molar-refractivity contribution in [3.05, 3.63) is 57.9 Å².